The molecular formula is C48H42N2. The first-order valence-electron chi connectivity index (χ1n) is 17.3. The fourth-order valence-corrected chi connectivity index (χ4v) is 6.30. The molecule has 0 aliphatic heterocycles. The summed E-state index contributed by atoms with van der Waals surface area (Å²) < 4.78 is 0. The molecule has 0 saturated carbocycles. The third-order valence-corrected chi connectivity index (χ3v) is 9.15. The van der Waals surface area contributed by atoms with Crippen molar-refractivity contribution in [3.63, 3.8) is 0 Å². The fraction of sp³-hybridized carbons (Fsp3) is 0.0833. The van der Waals surface area contributed by atoms with Crippen LogP contribution in [0.3, 0.4) is 0 Å². The monoisotopic (exact) mass is 646 g/mol. The molecule has 50 heavy (non-hydrogen) atoms. The van der Waals surface area contributed by atoms with Gasteiger partial charge >= 0.3 is 0 Å². The van der Waals surface area contributed by atoms with E-state index in [-0.39, 0.29) is 0 Å². The number of nitrogens with zero attached hydrogens (tertiary/aromatic N) is 2. The Hall–Kier alpha value is -6.12. The van der Waals surface area contributed by atoms with Crippen molar-refractivity contribution in [1.29, 1.82) is 0 Å². The van der Waals surface area contributed by atoms with Crippen molar-refractivity contribution in [2.75, 3.05) is 9.80 Å². The minimum Gasteiger partial charge on any atom is -0.311 e. The molecule has 244 valence electrons. The van der Waals surface area contributed by atoms with Gasteiger partial charge in [-0.2, -0.15) is 0 Å². The van der Waals surface area contributed by atoms with Gasteiger partial charge in [-0.1, -0.05) is 125 Å². The van der Waals surface area contributed by atoms with Gasteiger partial charge in [-0.05, 0) is 129 Å². The van der Waals surface area contributed by atoms with E-state index in [1.54, 1.807) is 0 Å². The highest BCUT2D eigenvalue weighted by Gasteiger charge is 2.16. The summed E-state index contributed by atoms with van der Waals surface area (Å²) >= 11 is 0. The van der Waals surface area contributed by atoms with Crippen LogP contribution in [0.5, 0.6) is 0 Å². The van der Waals surface area contributed by atoms with E-state index >= 15 is 0 Å². The molecule has 0 unspecified atom stereocenters. The summed E-state index contributed by atoms with van der Waals surface area (Å²) in [5, 5.41) is 0. The van der Waals surface area contributed by atoms with E-state index in [1.165, 1.54) is 27.8 Å². The summed E-state index contributed by atoms with van der Waals surface area (Å²) in [5.74, 6) is 0. The predicted octanol–water partition coefficient (Wildman–Crippen LogP) is 13.4. The van der Waals surface area contributed by atoms with Gasteiger partial charge in [0.15, 0.2) is 0 Å². The van der Waals surface area contributed by atoms with Gasteiger partial charge in [0, 0.05) is 34.1 Å². The minimum atomic E-state index is 1.11. The third-order valence-electron chi connectivity index (χ3n) is 9.15. The summed E-state index contributed by atoms with van der Waals surface area (Å²) in [6, 6.07) is 63.5. The van der Waals surface area contributed by atoms with Gasteiger partial charge in [0.05, 0.1) is 0 Å². The SMILES string of the molecule is Cc1ccc(N(c2ccc(C)cc2)c2ccc(C(=Cc3ccccc3)c3ccc(N(c4ccc(C)cc4)c4ccc(C)cc4)cc3)cc2)cc1. The van der Waals surface area contributed by atoms with Gasteiger partial charge in [-0.25, -0.2) is 0 Å². The summed E-state index contributed by atoms with van der Waals surface area (Å²) in [4.78, 5) is 4.64. The van der Waals surface area contributed by atoms with Crippen molar-refractivity contribution >= 4 is 45.8 Å². The molecule has 0 atom stereocenters. The maximum Gasteiger partial charge on any atom is 0.0462 e. The highest BCUT2D eigenvalue weighted by molar-refractivity contribution is 5.93. The Balaban J connectivity index is 1.28. The number of hydrogen-bond acceptors (Lipinski definition) is 2. The smallest absolute Gasteiger partial charge is 0.0462 e. The first kappa shape index (κ1) is 32.4. The van der Waals surface area contributed by atoms with E-state index in [2.05, 4.69) is 219 Å². The second-order valence-electron chi connectivity index (χ2n) is 13.1. The summed E-state index contributed by atoms with van der Waals surface area (Å²) in [7, 11) is 0. The lowest BCUT2D eigenvalue weighted by Gasteiger charge is -2.26. The first-order valence-corrected chi connectivity index (χ1v) is 17.3. The molecule has 2 nitrogen and oxygen atoms in total. The van der Waals surface area contributed by atoms with Crippen molar-refractivity contribution in [3.05, 3.63) is 215 Å². The molecule has 7 rings (SSSR count). The van der Waals surface area contributed by atoms with Gasteiger partial charge in [0.1, 0.15) is 0 Å². The standard InChI is InChI=1S/C48H42N2/c1-35-10-22-42(23-11-35)49(43-24-12-36(2)13-25-43)46-30-18-40(19-31-46)48(34-39-8-6-5-7-9-39)41-20-32-47(33-21-41)50(44-26-14-37(3)15-27-44)45-28-16-38(4)17-29-45/h5-34H,1-4H3. The van der Waals surface area contributed by atoms with E-state index in [9.17, 15) is 0 Å². The Morgan fingerprint density at radius 2 is 0.580 bits per heavy atom. The highest BCUT2D eigenvalue weighted by Crippen LogP contribution is 2.38. The van der Waals surface area contributed by atoms with Crippen LogP contribution in [0.1, 0.15) is 38.9 Å². The molecule has 0 aliphatic carbocycles. The average Bonchev–Trinajstić information content (AvgIpc) is 3.15. The van der Waals surface area contributed by atoms with E-state index in [4.69, 9.17) is 0 Å². The van der Waals surface area contributed by atoms with Gasteiger partial charge in [0.2, 0.25) is 0 Å². The quantitative estimate of drug-likeness (QED) is 0.144. The first-order chi connectivity index (χ1) is 24.4. The van der Waals surface area contributed by atoms with Crippen LogP contribution >= 0.6 is 0 Å². The zero-order chi connectivity index (χ0) is 34.5. The van der Waals surface area contributed by atoms with Crippen LogP contribution in [-0.2, 0) is 0 Å². The van der Waals surface area contributed by atoms with Gasteiger partial charge in [-0.3, -0.25) is 0 Å². The topological polar surface area (TPSA) is 6.48 Å². The summed E-state index contributed by atoms with van der Waals surface area (Å²) in [5.41, 5.74) is 16.4. The van der Waals surface area contributed by atoms with Crippen molar-refractivity contribution in [3.8, 4) is 0 Å². The molecule has 0 amide bonds. The second kappa shape index (κ2) is 14.6. The molecule has 0 heterocycles. The molecule has 2 heteroatoms. The van der Waals surface area contributed by atoms with Crippen LogP contribution in [0.2, 0.25) is 0 Å². The van der Waals surface area contributed by atoms with Gasteiger partial charge < -0.3 is 9.80 Å². The normalized spacial score (nSPS) is 10.8. The van der Waals surface area contributed by atoms with Crippen LogP contribution < -0.4 is 9.80 Å². The van der Waals surface area contributed by atoms with Crippen molar-refractivity contribution in [2.45, 2.75) is 27.7 Å². The fourth-order valence-electron chi connectivity index (χ4n) is 6.30. The minimum absolute atomic E-state index is 1.11. The lowest BCUT2D eigenvalue weighted by Crippen LogP contribution is -2.10. The van der Waals surface area contributed by atoms with E-state index in [0.717, 1.165) is 50.8 Å². The lowest BCUT2D eigenvalue weighted by atomic mass is 9.95. The van der Waals surface area contributed by atoms with Crippen LogP contribution in [0.25, 0.3) is 11.6 Å². The molecule has 0 saturated heterocycles. The number of rotatable bonds is 9. The molecule has 0 radical (unpaired) electrons. The summed E-state index contributed by atoms with van der Waals surface area (Å²) in [6.07, 6.45) is 2.29. The van der Waals surface area contributed by atoms with E-state index in [1.807, 2.05) is 0 Å². The molecule has 7 aromatic rings. The van der Waals surface area contributed by atoms with Gasteiger partial charge in [-0.15, -0.1) is 0 Å². The lowest BCUT2D eigenvalue weighted by molar-refractivity contribution is 1.26. The molecule has 0 aromatic heterocycles. The maximum absolute atomic E-state index is 2.32. The number of aryl methyl sites for hydroxylation is 4. The molecule has 7 aromatic carbocycles. The van der Waals surface area contributed by atoms with Crippen LogP contribution in [0.4, 0.5) is 34.1 Å². The molecule has 0 N–H and O–H groups in total. The Bertz CT molecular complexity index is 1950. The average molecular weight is 647 g/mol. The zero-order valence-electron chi connectivity index (χ0n) is 29.2. The van der Waals surface area contributed by atoms with Crippen molar-refractivity contribution < 1.29 is 0 Å². The summed E-state index contributed by atoms with van der Waals surface area (Å²) in [6.45, 7) is 8.52. The molecule has 0 spiro atoms. The van der Waals surface area contributed by atoms with Crippen molar-refractivity contribution in [1.82, 2.24) is 0 Å². The van der Waals surface area contributed by atoms with Gasteiger partial charge in [0.25, 0.3) is 0 Å². The highest BCUT2D eigenvalue weighted by atomic mass is 15.1. The third kappa shape index (κ3) is 7.31. The second-order valence-corrected chi connectivity index (χ2v) is 13.1. The molecular weight excluding hydrogens is 605 g/mol. The molecule has 0 aliphatic rings. The zero-order valence-corrected chi connectivity index (χ0v) is 29.2. The number of hydrogen-bond donors (Lipinski definition) is 0. The van der Waals surface area contributed by atoms with E-state index in [0.29, 0.717) is 0 Å². The Morgan fingerprint density at radius 3 is 0.860 bits per heavy atom. The Morgan fingerprint density at radius 1 is 0.320 bits per heavy atom. The largest absolute Gasteiger partial charge is 0.311 e. The maximum atomic E-state index is 2.32. The number of benzene rings is 7. The Kier molecular flexibility index (Phi) is 9.44. The van der Waals surface area contributed by atoms with Crippen molar-refractivity contribution in [2.24, 2.45) is 0 Å². The molecule has 0 bridgehead atoms. The van der Waals surface area contributed by atoms with Crippen LogP contribution in [0, 0.1) is 27.7 Å². The molecule has 0 fully saturated rings. The van der Waals surface area contributed by atoms with E-state index < -0.39 is 0 Å². The Labute approximate surface area is 297 Å². The predicted molar refractivity (Wildman–Crippen MR) is 215 cm³/mol. The van der Waals surface area contributed by atoms with Crippen LogP contribution in [0.15, 0.2) is 176 Å². The number of anilines is 6. The van der Waals surface area contributed by atoms with Crippen LogP contribution in [-0.4, -0.2) is 0 Å².